The van der Waals surface area contributed by atoms with Crippen LogP contribution in [0.2, 0.25) is 0 Å². The van der Waals surface area contributed by atoms with Crippen molar-refractivity contribution < 1.29 is 17.1 Å². The summed E-state index contributed by atoms with van der Waals surface area (Å²) in [5.41, 5.74) is 1.45. The molecule has 0 bridgehead atoms. The van der Waals surface area contributed by atoms with Crippen LogP contribution < -0.4 is 15.9 Å². The maximum absolute atomic E-state index is 2.36. The molecular weight excluding hydrogens is 395 g/mol. The average Bonchev–Trinajstić information content (AvgIpc) is 3.21. The number of rotatable bonds is 5. The first kappa shape index (κ1) is 19.8. The maximum Gasteiger partial charge on any atom is 0.0322 e. The van der Waals surface area contributed by atoms with Crippen LogP contribution in [0.15, 0.2) is 109 Å². The van der Waals surface area contributed by atoms with Crippen LogP contribution in [0.3, 0.4) is 0 Å². The summed E-state index contributed by atoms with van der Waals surface area (Å²) in [7, 11) is -0.588. The van der Waals surface area contributed by atoms with Crippen molar-refractivity contribution in [2.75, 3.05) is 0 Å². The van der Waals surface area contributed by atoms with E-state index in [1.165, 1.54) is 21.5 Å². The Morgan fingerprint density at radius 1 is 0.667 bits per heavy atom. The van der Waals surface area contributed by atoms with Crippen molar-refractivity contribution in [1.82, 2.24) is 0 Å². The Kier molecular flexibility index (Phi) is 6.50. The fourth-order valence-electron chi connectivity index (χ4n) is 3.76. The Labute approximate surface area is 174 Å². The van der Waals surface area contributed by atoms with E-state index in [9.17, 15) is 0 Å². The molecule has 4 rings (SSSR count). The molecule has 1 radical (unpaired) electrons. The fourth-order valence-corrected chi connectivity index (χ4v) is 6.31. The van der Waals surface area contributed by atoms with Crippen molar-refractivity contribution in [2.45, 2.75) is 18.8 Å². The average molecular weight is 418 g/mol. The summed E-state index contributed by atoms with van der Waals surface area (Å²) in [6.07, 6.45) is 10.2. The summed E-state index contributed by atoms with van der Waals surface area (Å²) < 4.78 is 0. The maximum atomic E-state index is 2.36. The molecule has 0 N–H and O–H groups in total. The molecule has 0 fully saturated rings. The van der Waals surface area contributed by atoms with Crippen molar-refractivity contribution in [3.05, 3.63) is 115 Å². The van der Waals surface area contributed by atoms with Crippen molar-refractivity contribution in [1.29, 1.82) is 0 Å². The van der Waals surface area contributed by atoms with E-state index in [-0.39, 0.29) is 22.5 Å². The van der Waals surface area contributed by atoms with Gasteiger partial charge in [-0.1, -0.05) is 116 Å². The van der Waals surface area contributed by atoms with Crippen molar-refractivity contribution >= 4 is 23.8 Å². The zero-order valence-electron chi connectivity index (χ0n) is 15.3. The van der Waals surface area contributed by atoms with Gasteiger partial charge in [-0.05, 0) is 35.8 Å². The summed E-state index contributed by atoms with van der Waals surface area (Å²) in [6.45, 7) is 2.28. The standard InChI is InChI=1S/C25H23P.Cu/c1-2-25(19-11-12-20-25)23-17-9-10-18-24(23)26(21-13-5-3-6-14-21)22-15-7-4-8-16-22;/h3-20H,2H2,1H3;. The van der Waals surface area contributed by atoms with Crippen LogP contribution >= 0.6 is 7.92 Å². The Balaban J connectivity index is 0.00000210. The van der Waals surface area contributed by atoms with E-state index < -0.39 is 7.92 Å². The van der Waals surface area contributed by atoms with Gasteiger partial charge in [0.1, 0.15) is 0 Å². The van der Waals surface area contributed by atoms with E-state index in [0.717, 1.165) is 6.42 Å². The second-order valence-electron chi connectivity index (χ2n) is 6.64. The van der Waals surface area contributed by atoms with Gasteiger partial charge < -0.3 is 0 Å². The molecule has 2 heteroatoms. The number of benzene rings is 3. The summed E-state index contributed by atoms with van der Waals surface area (Å²) in [5.74, 6) is 0. The summed E-state index contributed by atoms with van der Waals surface area (Å²) >= 11 is 0. The Morgan fingerprint density at radius 2 is 1.15 bits per heavy atom. The van der Waals surface area contributed by atoms with Gasteiger partial charge in [0.2, 0.25) is 0 Å². The van der Waals surface area contributed by atoms with E-state index in [0.29, 0.717) is 0 Å². The molecule has 139 valence electrons. The van der Waals surface area contributed by atoms with Crippen molar-refractivity contribution in [3.8, 4) is 0 Å². The molecule has 0 atom stereocenters. The first-order chi connectivity index (χ1) is 12.8. The predicted octanol–water partition coefficient (Wildman–Crippen LogP) is 5.22. The normalized spacial score (nSPS) is 14.3. The molecule has 3 aromatic carbocycles. The van der Waals surface area contributed by atoms with Crippen molar-refractivity contribution in [2.24, 2.45) is 0 Å². The van der Waals surface area contributed by atoms with E-state index in [2.05, 4.69) is 116 Å². The minimum atomic E-state index is -0.588. The SMILES string of the molecule is CCC1(c2ccccc2P(c2ccccc2)c2ccccc2)C=CC=C1.[Cu]. The molecule has 0 aromatic heterocycles. The summed E-state index contributed by atoms with van der Waals surface area (Å²) in [5, 5.41) is 4.26. The van der Waals surface area contributed by atoms with Gasteiger partial charge in [-0.2, -0.15) is 0 Å². The molecule has 0 heterocycles. The largest absolute Gasteiger partial charge is 0.0702 e. The third-order valence-corrected chi connectivity index (χ3v) is 7.66. The molecule has 1 aliphatic rings. The molecule has 3 aromatic rings. The second kappa shape index (κ2) is 8.85. The van der Waals surface area contributed by atoms with E-state index in [1.54, 1.807) is 0 Å². The molecule has 0 saturated heterocycles. The molecule has 0 aliphatic heterocycles. The molecule has 0 unspecified atom stereocenters. The predicted molar refractivity (Wildman–Crippen MR) is 115 cm³/mol. The van der Waals surface area contributed by atoms with Crippen molar-refractivity contribution in [3.63, 3.8) is 0 Å². The van der Waals surface area contributed by atoms with Gasteiger partial charge in [0, 0.05) is 22.5 Å². The van der Waals surface area contributed by atoms with E-state index in [1.807, 2.05) is 0 Å². The van der Waals surface area contributed by atoms with Crippen LogP contribution in [0.4, 0.5) is 0 Å². The number of allylic oxidation sites excluding steroid dienone is 4. The minimum Gasteiger partial charge on any atom is -0.0702 e. The van der Waals surface area contributed by atoms with Gasteiger partial charge in [-0.15, -0.1) is 0 Å². The monoisotopic (exact) mass is 417 g/mol. The molecule has 1 aliphatic carbocycles. The number of hydrogen-bond donors (Lipinski definition) is 0. The third kappa shape index (κ3) is 3.87. The topological polar surface area (TPSA) is 0 Å². The second-order valence-corrected chi connectivity index (χ2v) is 8.82. The Hall–Kier alpha value is -1.91. The first-order valence-corrected chi connectivity index (χ1v) is 10.5. The summed E-state index contributed by atoms with van der Waals surface area (Å²) in [4.78, 5) is 0. The summed E-state index contributed by atoms with van der Waals surface area (Å²) in [6, 6.07) is 30.9. The Bertz CT molecular complexity index is 877. The van der Waals surface area contributed by atoms with E-state index in [4.69, 9.17) is 0 Å². The van der Waals surface area contributed by atoms with Crippen LogP contribution in [-0.2, 0) is 22.5 Å². The van der Waals surface area contributed by atoms with Crippen LogP contribution in [0.5, 0.6) is 0 Å². The van der Waals surface area contributed by atoms with Gasteiger partial charge in [0.25, 0.3) is 0 Å². The minimum absolute atomic E-state index is 0. The van der Waals surface area contributed by atoms with Gasteiger partial charge in [0.15, 0.2) is 0 Å². The van der Waals surface area contributed by atoms with E-state index >= 15 is 0 Å². The zero-order chi connectivity index (χ0) is 17.8. The first-order valence-electron chi connectivity index (χ1n) is 9.21. The molecule has 0 saturated carbocycles. The fraction of sp³-hybridized carbons (Fsp3) is 0.120. The quantitative estimate of drug-likeness (QED) is 0.394. The van der Waals surface area contributed by atoms with Gasteiger partial charge >= 0.3 is 0 Å². The Morgan fingerprint density at radius 3 is 1.67 bits per heavy atom. The van der Waals surface area contributed by atoms with Crippen LogP contribution in [0.1, 0.15) is 18.9 Å². The van der Waals surface area contributed by atoms with Gasteiger partial charge in [-0.25, -0.2) is 0 Å². The van der Waals surface area contributed by atoms with Crippen LogP contribution in [0.25, 0.3) is 0 Å². The number of hydrogen-bond acceptors (Lipinski definition) is 0. The van der Waals surface area contributed by atoms with Gasteiger partial charge in [-0.3, -0.25) is 0 Å². The molecule has 27 heavy (non-hydrogen) atoms. The smallest absolute Gasteiger partial charge is 0.0322 e. The molecule has 0 nitrogen and oxygen atoms in total. The molecule has 0 spiro atoms. The van der Waals surface area contributed by atoms with Crippen LogP contribution in [0, 0.1) is 0 Å². The molecular formula is C25H23CuP. The zero-order valence-corrected chi connectivity index (χ0v) is 17.2. The van der Waals surface area contributed by atoms with Gasteiger partial charge in [0.05, 0.1) is 0 Å². The third-order valence-electron chi connectivity index (χ3n) is 5.16. The van der Waals surface area contributed by atoms with Crippen LogP contribution in [-0.4, -0.2) is 0 Å². The molecule has 0 amide bonds.